The number of aliphatic hydroxyl groups is 1. The Morgan fingerprint density at radius 2 is 1.24 bits per heavy atom. The Morgan fingerprint density at radius 1 is 0.780 bits per heavy atom. The molecule has 1 atom stereocenters. The first-order valence-electron chi connectivity index (χ1n) is 12.8. The van der Waals surface area contributed by atoms with Crippen LogP contribution in [0, 0.1) is 0 Å². The summed E-state index contributed by atoms with van der Waals surface area (Å²) in [6.07, 6.45) is 1.30. The first-order chi connectivity index (χ1) is 18.6. The summed E-state index contributed by atoms with van der Waals surface area (Å²) in [5.41, 5.74) is 2.38. The van der Waals surface area contributed by atoms with E-state index in [1.807, 2.05) is 90.9 Å². The number of nitrogens with zero attached hydrogens (tertiary/aromatic N) is 1. The number of likely N-dealkylation sites (N-methyl/N-ethyl adjacent to an activating group) is 1. The van der Waals surface area contributed by atoms with E-state index >= 15 is 0 Å². The van der Waals surface area contributed by atoms with E-state index in [1.165, 1.54) is 5.56 Å². The first kappa shape index (κ1) is 48.9. The van der Waals surface area contributed by atoms with Gasteiger partial charge in [0, 0.05) is 6.54 Å². The molecule has 7 N–H and O–H groups in total. The van der Waals surface area contributed by atoms with Crippen LogP contribution in [0.3, 0.4) is 0 Å². The summed E-state index contributed by atoms with van der Waals surface area (Å²) in [4.78, 5) is 45.1. The van der Waals surface area contributed by atoms with Crippen LogP contribution in [0.2, 0.25) is 0 Å². The van der Waals surface area contributed by atoms with Crippen molar-refractivity contribution in [3.8, 4) is 11.5 Å². The lowest BCUT2D eigenvalue weighted by Crippen LogP contribution is -2.30. The van der Waals surface area contributed by atoms with Crippen LogP contribution in [0.25, 0.3) is 0 Å². The third-order valence-electron chi connectivity index (χ3n) is 3.80. The molecule has 2 aromatic carbocycles. The second kappa shape index (κ2) is 29.7. The largest absolute Gasteiger partial charge is 0.497 e. The minimum absolute atomic E-state index is 0. The van der Waals surface area contributed by atoms with Gasteiger partial charge in [-0.3, -0.25) is 0 Å². The van der Waals surface area contributed by atoms with Gasteiger partial charge in [-0.05, 0) is 56.3 Å². The number of hydrogen-bond donors (Lipinski definition) is 7. The molecule has 0 saturated heterocycles. The molecule has 0 aliphatic carbocycles. The van der Waals surface area contributed by atoms with Crippen molar-refractivity contribution in [1.29, 1.82) is 0 Å². The summed E-state index contributed by atoms with van der Waals surface area (Å²) in [5, 5.41) is 9.96. The van der Waals surface area contributed by atoms with Crippen molar-refractivity contribution in [3.63, 3.8) is 0 Å². The highest BCUT2D eigenvalue weighted by molar-refractivity contribution is 7.45. The molecule has 12 nitrogen and oxygen atoms in total. The third kappa shape index (κ3) is 40.4. The standard InChI is InChI=1S/C20H27NO3.3C2H6.CH4.2H3O4P/c1-21(2)14-18(22)15-24-20-10-5-4-8-17(20)12-11-16-7-6-9-19(13-16)23-3;3*1-2;;2*1-5(2,3)4/h4-10,13,18,22H,11-12,14-15H2,1-3H3;3*1-2H3;1H4;2*(H3,1,2,3,4). The van der Waals surface area contributed by atoms with Gasteiger partial charge in [0.1, 0.15) is 24.2 Å². The van der Waals surface area contributed by atoms with Crippen LogP contribution < -0.4 is 9.47 Å². The normalized spacial score (nSPS) is 10.5. The van der Waals surface area contributed by atoms with Crippen LogP contribution in [0.15, 0.2) is 48.5 Å². The first-order valence-corrected chi connectivity index (χ1v) is 15.9. The van der Waals surface area contributed by atoms with Crippen molar-refractivity contribution in [2.45, 2.75) is 67.9 Å². The molecule has 0 aliphatic heterocycles. The summed E-state index contributed by atoms with van der Waals surface area (Å²) in [6, 6.07) is 16.1. The van der Waals surface area contributed by atoms with E-state index in [-0.39, 0.29) is 7.43 Å². The van der Waals surface area contributed by atoms with E-state index in [9.17, 15) is 5.11 Å². The van der Waals surface area contributed by atoms with Crippen molar-refractivity contribution < 1.29 is 53.1 Å². The number of aryl methyl sites for hydroxylation is 2. The van der Waals surface area contributed by atoms with Crippen molar-refractivity contribution >= 4 is 15.6 Å². The Labute approximate surface area is 247 Å². The zero-order chi connectivity index (χ0) is 32.4. The SMILES string of the molecule is C.CC.CC.CC.COc1cccc(CCc2ccccc2OCC(O)CN(C)C)c1.O=P(O)(O)O.O=P(O)(O)O. The minimum atomic E-state index is -4.64. The molecule has 0 saturated carbocycles. The highest BCUT2D eigenvalue weighted by atomic mass is 31.2. The van der Waals surface area contributed by atoms with Gasteiger partial charge in [-0.2, -0.15) is 0 Å². The van der Waals surface area contributed by atoms with E-state index < -0.39 is 21.7 Å². The fraction of sp³-hybridized carbons (Fsp3) is 0.556. The second-order valence-electron chi connectivity index (χ2n) is 7.21. The Balaban J connectivity index is -0.000000212. The Morgan fingerprint density at radius 3 is 1.68 bits per heavy atom. The Kier molecular flexibility index (Phi) is 35.4. The van der Waals surface area contributed by atoms with Crippen LogP contribution in [0.4, 0.5) is 0 Å². The minimum Gasteiger partial charge on any atom is -0.497 e. The van der Waals surface area contributed by atoms with E-state index in [4.69, 9.17) is 48.0 Å². The second-order valence-corrected chi connectivity index (χ2v) is 9.27. The molecule has 0 spiro atoms. The summed E-state index contributed by atoms with van der Waals surface area (Å²) in [7, 11) is -3.72. The molecule has 2 rings (SSSR count). The number of hydrogen-bond acceptors (Lipinski definition) is 6. The molecule has 14 heteroatoms. The van der Waals surface area contributed by atoms with E-state index in [2.05, 4.69) is 18.2 Å². The van der Waals surface area contributed by atoms with Crippen LogP contribution in [0.5, 0.6) is 11.5 Å². The van der Waals surface area contributed by atoms with E-state index in [0.29, 0.717) is 13.2 Å². The number of benzene rings is 2. The number of ether oxygens (including phenoxy) is 2. The van der Waals surface area contributed by atoms with Gasteiger partial charge in [0.2, 0.25) is 0 Å². The fourth-order valence-corrected chi connectivity index (χ4v) is 2.62. The lowest BCUT2D eigenvalue weighted by atomic mass is 10.0. The lowest BCUT2D eigenvalue weighted by Gasteiger charge is -2.18. The monoisotopic (exact) mass is 631 g/mol. The van der Waals surface area contributed by atoms with Crippen LogP contribution >= 0.6 is 15.6 Å². The summed E-state index contributed by atoms with van der Waals surface area (Å²) >= 11 is 0. The molecule has 0 fully saturated rings. The topological polar surface area (TPSA) is 197 Å². The maximum absolute atomic E-state index is 9.96. The van der Waals surface area contributed by atoms with Gasteiger partial charge < -0.3 is 48.8 Å². The van der Waals surface area contributed by atoms with Gasteiger partial charge in [-0.1, -0.05) is 79.3 Å². The Hall–Kier alpha value is -1.82. The molecule has 0 radical (unpaired) electrons. The summed E-state index contributed by atoms with van der Waals surface area (Å²) < 4.78 is 28.9. The van der Waals surface area contributed by atoms with Crippen molar-refractivity contribution in [2.24, 2.45) is 0 Å². The van der Waals surface area contributed by atoms with Crippen molar-refractivity contribution in [3.05, 3.63) is 59.7 Å². The molecule has 0 amide bonds. The number of aliphatic hydroxyl groups excluding tert-OH is 1. The van der Waals surface area contributed by atoms with Gasteiger partial charge in [-0.15, -0.1) is 0 Å². The van der Waals surface area contributed by atoms with Crippen LogP contribution in [-0.4, -0.2) is 79.8 Å². The van der Waals surface area contributed by atoms with Crippen molar-refractivity contribution in [1.82, 2.24) is 4.90 Å². The highest BCUT2D eigenvalue weighted by Gasteiger charge is 2.09. The smallest absolute Gasteiger partial charge is 0.466 e. The highest BCUT2D eigenvalue weighted by Crippen LogP contribution is 2.26. The maximum atomic E-state index is 9.96. The third-order valence-corrected chi connectivity index (χ3v) is 3.80. The average molecular weight is 632 g/mol. The predicted octanol–water partition coefficient (Wildman–Crippen LogP) is 4.64. The van der Waals surface area contributed by atoms with E-state index in [1.54, 1.807) is 7.11 Å². The maximum Gasteiger partial charge on any atom is 0.466 e. The molecule has 41 heavy (non-hydrogen) atoms. The lowest BCUT2D eigenvalue weighted by molar-refractivity contribution is 0.0827. The van der Waals surface area contributed by atoms with Crippen LogP contribution in [0.1, 0.15) is 60.1 Å². The number of para-hydroxylation sites is 1. The molecule has 1 unspecified atom stereocenters. The van der Waals surface area contributed by atoms with Crippen molar-refractivity contribution in [2.75, 3.05) is 34.4 Å². The number of rotatable bonds is 9. The number of phosphoric acid groups is 2. The number of methoxy groups -OCH3 is 1. The van der Waals surface area contributed by atoms with Crippen LogP contribution in [-0.2, 0) is 22.0 Å². The molecule has 0 aliphatic rings. The van der Waals surface area contributed by atoms with Gasteiger partial charge in [0.05, 0.1) is 7.11 Å². The predicted molar refractivity (Wildman–Crippen MR) is 166 cm³/mol. The molecule has 0 bridgehead atoms. The summed E-state index contributed by atoms with van der Waals surface area (Å²) in [6.45, 7) is 12.9. The summed E-state index contributed by atoms with van der Waals surface area (Å²) in [5.74, 6) is 1.72. The van der Waals surface area contributed by atoms with Gasteiger partial charge >= 0.3 is 15.6 Å². The molecule has 2 aromatic rings. The Bertz CT molecular complexity index is 898. The zero-order valence-corrected chi connectivity index (χ0v) is 26.9. The van der Waals surface area contributed by atoms with Gasteiger partial charge in [0.25, 0.3) is 0 Å². The van der Waals surface area contributed by atoms with Gasteiger partial charge in [-0.25, -0.2) is 9.13 Å². The quantitative estimate of drug-likeness (QED) is 0.190. The molecule has 0 heterocycles. The van der Waals surface area contributed by atoms with Gasteiger partial charge in [0.15, 0.2) is 0 Å². The molecule has 244 valence electrons. The molecular formula is C27H55NO11P2. The zero-order valence-electron chi connectivity index (χ0n) is 25.1. The fourth-order valence-electron chi connectivity index (χ4n) is 2.62. The molecule has 0 aromatic heterocycles. The van der Waals surface area contributed by atoms with E-state index in [0.717, 1.165) is 29.9 Å². The molecular weight excluding hydrogens is 576 g/mol. The average Bonchev–Trinajstić information content (AvgIpc) is 2.88.